The van der Waals surface area contributed by atoms with Crippen LogP contribution in [0.3, 0.4) is 0 Å². The number of carbonyl (C=O) groups is 1. The van der Waals surface area contributed by atoms with Gasteiger partial charge in [0.2, 0.25) is 0 Å². The molecule has 0 aromatic carbocycles. The van der Waals surface area contributed by atoms with Crippen molar-refractivity contribution in [3.05, 3.63) is 0 Å². The highest BCUT2D eigenvalue weighted by molar-refractivity contribution is 5.49. The second-order valence-corrected chi connectivity index (χ2v) is 1.97. The number of hydrogen-bond donors (Lipinski definition) is 1. The van der Waals surface area contributed by atoms with Crippen molar-refractivity contribution >= 4 is 6.29 Å². The summed E-state index contributed by atoms with van der Waals surface area (Å²) in [6, 6.07) is 0. The van der Waals surface area contributed by atoms with Gasteiger partial charge in [0.25, 0.3) is 0 Å². The van der Waals surface area contributed by atoms with Gasteiger partial charge >= 0.3 is 0 Å². The van der Waals surface area contributed by atoms with Gasteiger partial charge in [-0.15, -0.1) is 0 Å². The van der Waals surface area contributed by atoms with Crippen molar-refractivity contribution in [2.45, 2.75) is 26.5 Å². The Morgan fingerprint density at radius 1 is 1.42 bits per heavy atom. The highest BCUT2D eigenvalue weighted by Gasteiger charge is 1.96. The van der Waals surface area contributed by atoms with E-state index in [0.717, 1.165) is 12.9 Å². The minimum absolute atomic E-state index is 0.286. The molecule has 0 saturated heterocycles. The highest BCUT2D eigenvalue weighted by Crippen LogP contribution is 1.84. The average molecular weight is 177 g/mol. The second-order valence-electron chi connectivity index (χ2n) is 1.97. The Morgan fingerprint density at radius 2 is 1.92 bits per heavy atom. The first kappa shape index (κ1) is 14.1. The Balaban J connectivity index is 0. The minimum atomic E-state index is -0.405. The monoisotopic (exact) mass is 177 g/mol. The largest absolute Gasteiger partial charge is 0.385 e. The van der Waals surface area contributed by atoms with E-state index in [2.05, 4.69) is 4.74 Å². The van der Waals surface area contributed by atoms with E-state index in [1.165, 1.54) is 0 Å². The number of nitrogens with two attached hydrogens (primary N) is 1. The van der Waals surface area contributed by atoms with Crippen LogP contribution in [0.15, 0.2) is 0 Å². The van der Waals surface area contributed by atoms with E-state index < -0.39 is 6.23 Å². The van der Waals surface area contributed by atoms with Gasteiger partial charge in [0.15, 0.2) is 0 Å². The number of rotatable bonds is 5. The molecule has 4 heteroatoms. The molecule has 1 atom stereocenters. The molecule has 0 aliphatic rings. The van der Waals surface area contributed by atoms with Gasteiger partial charge < -0.3 is 20.0 Å². The van der Waals surface area contributed by atoms with Gasteiger partial charge in [-0.25, -0.2) is 0 Å². The first-order valence-corrected chi connectivity index (χ1v) is 4.02. The molecule has 0 fully saturated rings. The van der Waals surface area contributed by atoms with Gasteiger partial charge in [0.05, 0.1) is 0 Å². The lowest BCUT2D eigenvalue weighted by molar-refractivity contribution is -0.110. The van der Waals surface area contributed by atoms with Crippen LogP contribution in [-0.4, -0.2) is 32.8 Å². The summed E-state index contributed by atoms with van der Waals surface area (Å²) in [7, 11) is 1.68. The fourth-order valence-electron chi connectivity index (χ4n) is 0.377. The van der Waals surface area contributed by atoms with E-state index in [1.807, 2.05) is 13.8 Å². The van der Waals surface area contributed by atoms with E-state index in [4.69, 9.17) is 10.5 Å². The molecule has 4 nitrogen and oxygen atoms in total. The van der Waals surface area contributed by atoms with Crippen LogP contribution in [0.1, 0.15) is 20.3 Å². The molecule has 0 aromatic heterocycles. The molecule has 0 radical (unpaired) electrons. The highest BCUT2D eigenvalue weighted by atomic mass is 16.5. The summed E-state index contributed by atoms with van der Waals surface area (Å²) in [6.45, 7) is 5.18. The van der Waals surface area contributed by atoms with Crippen LogP contribution in [0.4, 0.5) is 0 Å². The number of aldehydes is 1. The normalized spacial score (nSPS) is 11.3. The molecule has 74 valence electrons. The van der Waals surface area contributed by atoms with Crippen LogP contribution in [-0.2, 0) is 14.3 Å². The molecule has 0 heterocycles. The lowest BCUT2D eigenvalue weighted by Crippen LogP contribution is -2.23. The summed E-state index contributed by atoms with van der Waals surface area (Å²) in [4.78, 5) is 9.73. The first-order valence-electron chi connectivity index (χ1n) is 4.02. The Labute approximate surface area is 74.0 Å². The third-order valence-electron chi connectivity index (χ3n) is 0.998. The van der Waals surface area contributed by atoms with Gasteiger partial charge in [-0.05, 0) is 13.8 Å². The molecule has 1 unspecified atom stereocenters. The Hall–Kier alpha value is -0.450. The molecule has 0 amide bonds. The fraction of sp³-hybridized carbons (Fsp3) is 0.875. The minimum Gasteiger partial charge on any atom is -0.385 e. The number of carbonyl (C=O) groups excluding carboxylic acids is 1. The Morgan fingerprint density at radius 3 is 2.17 bits per heavy atom. The summed E-state index contributed by atoms with van der Waals surface area (Å²) in [6.07, 6.45) is 0.631. The number of ether oxygens (including phenoxy) is 2. The summed E-state index contributed by atoms with van der Waals surface area (Å²) in [5.41, 5.74) is 5.24. The van der Waals surface area contributed by atoms with Crippen molar-refractivity contribution < 1.29 is 14.3 Å². The molecule has 12 heavy (non-hydrogen) atoms. The van der Waals surface area contributed by atoms with Crippen LogP contribution < -0.4 is 5.73 Å². The van der Waals surface area contributed by atoms with Crippen molar-refractivity contribution in [2.75, 3.05) is 20.3 Å². The van der Waals surface area contributed by atoms with Crippen LogP contribution in [0.5, 0.6) is 0 Å². The Bertz CT molecular complexity index is 86.4. The molecule has 0 saturated carbocycles. The average Bonchev–Trinajstić information content (AvgIpc) is 2.06. The zero-order valence-electron chi connectivity index (χ0n) is 8.08. The van der Waals surface area contributed by atoms with Crippen molar-refractivity contribution in [2.24, 2.45) is 5.73 Å². The topological polar surface area (TPSA) is 61.6 Å². The first-order chi connectivity index (χ1) is 5.72. The molecule has 0 bridgehead atoms. The maximum Gasteiger partial charge on any atom is 0.123 e. The molecule has 0 aliphatic carbocycles. The van der Waals surface area contributed by atoms with Gasteiger partial charge in [0, 0.05) is 26.7 Å². The molecule has 0 rings (SSSR count). The maximum absolute atomic E-state index is 9.73. The van der Waals surface area contributed by atoms with Crippen LogP contribution >= 0.6 is 0 Å². The third kappa shape index (κ3) is 16.3. The fourth-order valence-corrected chi connectivity index (χ4v) is 0.377. The molecule has 0 spiro atoms. The molecular formula is C8H19NO3. The smallest absolute Gasteiger partial charge is 0.123 e. The summed E-state index contributed by atoms with van der Waals surface area (Å²) in [5, 5.41) is 0. The standard InChI is InChI=1S/C5H11NO2.C3H8O/c1-2-8-5(6)3-4-7;1-3-4-2/h4-5H,2-3,6H2,1H3;3H2,1-2H3. The molecule has 0 aromatic rings. The maximum atomic E-state index is 9.73. The Kier molecular flexibility index (Phi) is 15.5. The van der Waals surface area contributed by atoms with E-state index in [1.54, 1.807) is 7.11 Å². The van der Waals surface area contributed by atoms with Gasteiger partial charge in [-0.2, -0.15) is 0 Å². The molecule has 2 N–H and O–H groups in total. The lowest BCUT2D eigenvalue weighted by Gasteiger charge is -2.05. The van der Waals surface area contributed by atoms with Gasteiger partial charge in [-0.1, -0.05) is 0 Å². The van der Waals surface area contributed by atoms with E-state index in [0.29, 0.717) is 6.61 Å². The van der Waals surface area contributed by atoms with E-state index in [-0.39, 0.29) is 6.42 Å². The molecular weight excluding hydrogens is 158 g/mol. The predicted octanol–water partition coefficient (Wildman–Crippen LogP) is 0.549. The number of methoxy groups -OCH3 is 1. The lowest BCUT2D eigenvalue weighted by atomic mass is 10.4. The van der Waals surface area contributed by atoms with Crippen LogP contribution in [0.25, 0.3) is 0 Å². The van der Waals surface area contributed by atoms with Crippen molar-refractivity contribution in [1.82, 2.24) is 0 Å². The van der Waals surface area contributed by atoms with E-state index in [9.17, 15) is 4.79 Å². The number of hydrogen-bond acceptors (Lipinski definition) is 4. The second kappa shape index (κ2) is 13.2. The van der Waals surface area contributed by atoms with Crippen LogP contribution in [0, 0.1) is 0 Å². The SMILES string of the molecule is CCOC.CCOC(N)CC=O. The summed E-state index contributed by atoms with van der Waals surface area (Å²) >= 11 is 0. The predicted molar refractivity (Wildman–Crippen MR) is 47.8 cm³/mol. The van der Waals surface area contributed by atoms with Crippen molar-refractivity contribution in [3.8, 4) is 0 Å². The zero-order valence-corrected chi connectivity index (χ0v) is 8.08. The van der Waals surface area contributed by atoms with E-state index >= 15 is 0 Å². The quantitative estimate of drug-likeness (QED) is 0.492. The summed E-state index contributed by atoms with van der Waals surface area (Å²) < 4.78 is 9.37. The molecule has 0 aliphatic heterocycles. The summed E-state index contributed by atoms with van der Waals surface area (Å²) in [5.74, 6) is 0. The van der Waals surface area contributed by atoms with Crippen molar-refractivity contribution in [3.63, 3.8) is 0 Å². The third-order valence-corrected chi connectivity index (χ3v) is 0.998. The van der Waals surface area contributed by atoms with Gasteiger partial charge in [0.1, 0.15) is 12.5 Å². The zero-order chi connectivity index (χ0) is 9.82. The van der Waals surface area contributed by atoms with Crippen LogP contribution in [0.2, 0.25) is 0 Å². The van der Waals surface area contributed by atoms with Gasteiger partial charge in [-0.3, -0.25) is 0 Å². The van der Waals surface area contributed by atoms with Crippen molar-refractivity contribution in [1.29, 1.82) is 0 Å².